The summed E-state index contributed by atoms with van der Waals surface area (Å²) in [6.45, 7) is -5.48. The highest BCUT2D eigenvalue weighted by molar-refractivity contribution is 5.59. The number of aliphatic hydroxyl groups is 4. The van der Waals surface area contributed by atoms with Gasteiger partial charge in [-0.15, -0.1) is 0 Å². The number of rotatable bonds is 6. The number of aliphatic hydroxyl groups excluding tert-OH is 4. The van der Waals surface area contributed by atoms with E-state index in [2.05, 4.69) is 0 Å². The average Bonchev–Trinajstić information content (AvgIpc) is 2.66. The minimum atomic E-state index is -6.18. The van der Waals surface area contributed by atoms with Crippen LogP contribution in [0, 0.1) is 0 Å². The Morgan fingerprint density at radius 1 is 0.516 bits per heavy atom. The molecule has 0 bridgehead atoms. The summed E-state index contributed by atoms with van der Waals surface area (Å²) in [5, 5.41) is 57.5. The summed E-state index contributed by atoms with van der Waals surface area (Å²) >= 11 is 0. The maximum Gasteiger partial charge on any atom is 0.411 e. The summed E-state index contributed by atoms with van der Waals surface area (Å²) in [7, 11) is 0. The molecule has 0 spiro atoms. The standard InChI is InChI=1S/C19H18F6O6/c20-18(21,22)17(19(23,24)25,15-9(5-26)1-13(30)2-10(15)6-27)16-11(7-28)3-14(31)4-12(16)8-29/h1-4,26-31H,5-8H2. The molecule has 0 atom stereocenters. The fourth-order valence-corrected chi connectivity index (χ4v) is 3.81. The second kappa shape index (κ2) is 8.54. The predicted octanol–water partition coefficient (Wildman–Crippen LogP) is 2.48. The van der Waals surface area contributed by atoms with Crippen molar-refractivity contribution in [3.8, 4) is 11.5 Å². The lowest BCUT2D eigenvalue weighted by molar-refractivity contribution is -0.289. The van der Waals surface area contributed by atoms with Crippen LogP contribution in [0.3, 0.4) is 0 Å². The van der Waals surface area contributed by atoms with Crippen LogP contribution < -0.4 is 0 Å². The van der Waals surface area contributed by atoms with Crippen LogP contribution in [0.25, 0.3) is 0 Å². The van der Waals surface area contributed by atoms with E-state index in [1.165, 1.54) is 0 Å². The first-order chi connectivity index (χ1) is 14.3. The molecule has 0 aliphatic rings. The SMILES string of the molecule is OCc1cc(O)cc(CO)c1C(c1c(CO)cc(O)cc1CO)(C(F)(F)F)C(F)(F)F. The van der Waals surface area contributed by atoms with Crippen molar-refractivity contribution in [3.63, 3.8) is 0 Å². The van der Waals surface area contributed by atoms with Crippen LogP contribution in [-0.4, -0.2) is 43.0 Å². The number of hydrogen-bond acceptors (Lipinski definition) is 6. The van der Waals surface area contributed by atoms with Crippen LogP contribution in [0.4, 0.5) is 26.3 Å². The zero-order chi connectivity index (χ0) is 23.8. The largest absolute Gasteiger partial charge is 0.508 e. The maximum absolute atomic E-state index is 14.5. The molecule has 2 aromatic rings. The van der Waals surface area contributed by atoms with Crippen LogP contribution in [0.2, 0.25) is 0 Å². The highest BCUT2D eigenvalue weighted by atomic mass is 19.4. The molecule has 0 heterocycles. The molecule has 172 valence electrons. The molecule has 0 aromatic heterocycles. The van der Waals surface area contributed by atoms with Gasteiger partial charge < -0.3 is 30.6 Å². The third kappa shape index (κ3) is 3.91. The van der Waals surface area contributed by atoms with Crippen molar-refractivity contribution in [2.75, 3.05) is 0 Å². The molecule has 12 heteroatoms. The first kappa shape index (κ1) is 24.7. The molecule has 2 rings (SSSR count). The van der Waals surface area contributed by atoms with Gasteiger partial charge in [-0.1, -0.05) is 0 Å². The molecule has 0 amide bonds. The van der Waals surface area contributed by atoms with E-state index in [0.717, 1.165) is 0 Å². The second-order valence-electron chi connectivity index (χ2n) is 6.66. The molecule has 6 N–H and O–H groups in total. The van der Waals surface area contributed by atoms with Crippen LogP contribution in [0.5, 0.6) is 11.5 Å². The van der Waals surface area contributed by atoms with Gasteiger partial charge in [0.2, 0.25) is 5.41 Å². The van der Waals surface area contributed by atoms with Gasteiger partial charge in [0, 0.05) is 0 Å². The maximum atomic E-state index is 14.5. The van der Waals surface area contributed by atoms with Gasteiger partial charge in [0.25, 0.3) is 0 Å². The summed E-state index contributed by atoms with van der Waals surface area (Å²) in [5.74, 6) is -1.60. The predicted molar refractivity (Wildman–Crippen MR) is 92.8 cm³/mol. The molecule has 0 saturated carbocycles. The third-order valence-corrected chi connectivity index (χ3v) is 4.85. The van der Waals surface area contributed by atoms with Gasteiger partial charge in [0.15, 0.2) is 0 Å². The normalized spacial score (nSPS) is 13.0. The number of alkyl halides is 6. The minimum Gasteiger partial charge on any atom is -0.508 e. The lowest BCUT2D eigenvalue weighted by Crippen LogP contribution is -2.56. The number of phenolic OH excluding ortho intramolecular Hbond substituents is 2. The topological polar surface area (TPSA) is 121 Å². The Bertz CT molecular complexity index is 826. The van der Waals surface area contributed by atoms with Crippen molar-refractivity contribution in [1.82, 2.24) is 0 Å². The molecule has 0 radical (unpaired) electrons. The molecule has 0 unspecified atom stereocenters. The first-order valence-corrected chi connectivity index (χ1v) is 8.57. The minimum absolute atomic E-state index is 0.484. The van der Waals surface area contributed by atoms with Crippen molar-refractivity contribution in [2.24, 2.45) is 0 Å². The number of hydrogen-bond donors (Lipinski definition) is 6. The van der Waals surface area contributed by atoms with E-state index in [4.69, 9.17) is 0 Å². The van der Waals surface area contributed by atoms with Crippen molar-refractivity contribution in [2.45, 2.75) is 44.2 Å². The van der Waals surface area contributed by atoms with Crippen LogP contribution >= 0.6 is 0 Å². The summed E-state index contributed by atoms with van der Waals surface area (Å²) in [6, 6.07) is 1.94. The van der Waals surface area contributed by atoms with E-state index < -0.39 is 89.1 Å². The number of halogens is 6. The second-order valence-corrected chi connectivity index (χ2v) is 6.66. The van der Waals surface area contributed by atoms with E-state index in [0.29, 0.717) is 24.3 Å². The van der Waals surface area contributed by atoms with Crippen molar-refractivity contribution < 1.29 is 57.0 Å². The van der Waals surface area contributed by atoms with Crippen molar-refractivity contribution in [3.05, 3.63) is 57.6 Å². The zero-order valence-electron chi connectivity index (χ0n) is 15.6. The van der Waals surface area contributed by atoms with Gasteiger partial charge >= 0.3 is 12.4 Å². The average molecular weight is 456 g/mol. The molecule has 6 nitrogen and oxygen atoms in total. The van der Waals surface area contributed by atoms with Crippen molar-refractivity contribution >= 4 is 0 Å². The Morgan fingerprint density at radius 2 is 0.742 bits per heavy atom. The Balaban J connectivity index is 3.31. The number of phenols is 2. The molecule has 0 fully saturated rings. The van der Waals surface area contributed by atoms with Gasteiger partial charge in [-0.25, -0.2) is 0 Å². The number of aromatic hydroxyl groups is 2. The van der Waals surface area contributed by atoms with Gasteiger partial charge in [0.1, 0.15) is 11.5 Å². The van der Waals surface area contributed by atoms with Crippen molar-refractivity contribution in [1.29, 1.82) is 0 Å². The smallest absolute Gasteiger partial charge is 0.411 e. The summed E-state index contributed by atoms with van der Waals surface area (Å²) in [4.78, 5) is 0. The Labute approximate surface area is 171 Å². The van der Waals surface area contributed by atoms with E-state index in [1.807, 2.05) is 0 Å². The molecule has 0 aliphatic carbocycles. The van der Waals surface area contributed by atoms with E-state index in [1.54, 1.807) is 0 Å². The summed E-state index contributed by atoms with van der Waals surface area (Å²) in [6.07, 6.45) is -12.4. The highest BCUT2D eigenvalue weighted by Crippen LogP contribution is 2.59. The molecular formula is C19H18F6O6. The quantitative estimate of drug-likeness (QED) is 0.372. The molecule has 0 saturated heterocycles. The Kier molecular flexibility index (Phi) is 6.81. The molecule has 31 heavy (non-hydrogen) atoms. The Morgan fingerprint density at radius 3 is 0.903 bits per heavy atom. The molecular weight excluding hydrogens is 438 g/mol. The monoisotopic (exact) mass is 456 g/mol. The lowest BCUT2D eigenvalue weighted by Gasteiger charge is -2.42. The Hall–Kier alpha value is -2.54. The van der Waals surface area contributed by atoms with Gasteiger partial charge in [-0.2, -0.15) is 26.3 Å². The van der Waals surface area contributed by atoms with Gasteiger partial charge in [-0.3, -0.25) is 0 Å². The van der Waals surface area contributed by atoms with E-state index >= 15 is 0 Å². The number of benzene rings is 2. The zero-order valence-corrected chi connectivity index (χ0v) is 15.6. The summed E-state index contributed by atoms with van der Waals surface area (Å²) < 4.78 is 87.2. The van der Waals surface area contributed by atoms with Crippen LogP contribution in [-0.2, 0) is 31.8 Å². The fourth-order valence-electron chi connectivity index (χ4n) is 3.81. The molecule has 0 aliphatic heterocycles. The van der Waals surface area contributed by atoms with Gasteiger partial charge in [0.05, 0.1) is 26.4 Å². The van der Waals surface area contributed by atoms with Crippen LogP contribution in [0.15, 0.2) is 24.3 Å². The van der Waals surface area contributed by atoms with Crippen LogP contribution in [0.1, 0.15) is 33.4 Å². The highest BCUT2D eigenvalue weighted by Gasteiger charge is 2.74. The third-order valence-electron chi connectivity index (χ3n) is 4.85. The van der Waals surface area contributed by atoms with E-state index in [-0.39, 0.29) is 0 Å². The summed E-state index contributed by atoms with van der Waals surface area (Å²) in [5.41, 5.74) is -12.1. The fraction of sp³-hybridized carbons (Fsp3) is 0.368. The lowest BCUT2D eigenvalue weighted by atomic mass is 9.66. The first-order valence-electron chi connectivity index (χ1n) is 8.57. The molecule has 2 aromatic carbocycles. The van der Waals surface area contributed by atoms with Gasteiger partial charge in [-0.05, 0) is 57.6 Å². The van der Waals surface area contributed by atoms with E-state index in [9.17, 15) is 57.0 Å².